The van der Waals surface area contributed by atoms with E-state index in [9.17, 15) is 0 Å². The Labute approximate surface area is 92.1 Å². The third kappa shape index (κ3) is 3.63. The van der Waals surface area contributed by atoms with Crippen molar-refractivity contribution in [1.29, 1.82) is 0 Å². The third-order valence-corrected chi connectivity index (χ3v) is 2.80. The number of nitrogens with one attached hydrogen (secondary N) is 1. The van der Waals surface area contributed by atoms with Gasteiger partial charge in [-0.05, 0) is 12.3 Å². The highest BCUT2D eigenvalue weighted by Crippen LogP contribution is 2.05. The lowest BCUT2D eigenvalue weighted by Gasteiger charge is -2.20. The number of aromatic nitrogens is 3. The summed E-state index contributed by atoms with van der Waals surface area (Å²) < 4.78 is 1.97. The second-order valence-corrected chi connectivity index (χ2v) is 4.32. The number of hydrogen-bond donors (Lipinski definition) is 1. The topological polar surface area (TPSA) is 42.7 Å². The Balaban J connectivity index is 2.29. The first-order chi connectivity index (χ1) is 7.15. The second-order valence-electron chi connectivity index (χ2n) is 4.32. The average molecular weight is 210 g/mol. The van der Waals surface area contributed by atoms with Crippen molar-refractivity contribution in [3.05, 3.63) is 12.2 Å². The third-order valence-electron chi connectivity index (χ3n) is 2.80. The Morgan fingerprint density at radius 2 is 2.20 bits per heavy atom. The lowest BCUT2D eigenvalue weighted by molar-refractivity contribution is 0.389. The van der Waals surface area contributed by atoms with Crippen LogP contribution in [-0.4, -0.2) is 27.4 Å². The Morgan fingerprint density at radius 1 is 1.47 bits per heavy atom. The van der Waals surface area contributed by atoms with Gasteiger partial charge in [0.1, 0.15) is 12.2 Å². The Morgan fingerprint density at radius 3 is 2.67 bits per heavy atom. The van der Waals surface area contributed by atoms with E-state index in [-0.39, 0.29) is 0 Å². The molecular formula is C11H22N4. The van der Waals surface area contributed by atoms with Crippen LogP contribution in [0.3, 0.4) is 0 Å². The van der Waals surface area contributed by atoms with Gasteiger partial charge in [0.25, 0.3) is 0 Å². The maximum atomic E-state index is 4.06. The molecule has 0 aliphatic heterocycles. The summed E-state index contributed by atoms with van der Waals surface area (Å²) in [6, 6.07) is 0.609. The molecule has 0 saturated carbocycles. The smallest absolute Gasteiger partial charge is 0.133 e. The summed E-state index contributed by atoms with van der Waals surface area (Å²) in [5.74, 6) is 1.73. The second kappa shape index (κ2) is 5.85. The van der Waals surface area contributed by atoms with Crippen LogP contribution >= 0.6 is 0 Å². The van der Waals surface area contributed by atoms with Gasteiger partial charge in [0.15, 0.2) is 0 Å². The summed E-state index contributed by atoms with van der Waals surface area (Å²) in [6.07, 6.45) is 3.87. The molecule has 0 spiro atoms. The van der Waals surface area contributed by atoms with Crippen molar-refractivity contribution in [2.45, 2.75) is 39.7 Å². The highest BCUT2D eigenvalue weighted by molar-refractivity contribution is 4.85. The fourth-order valence-corrected chi connectivity index (χ4v) is 1.75. The molecule has 1 atom stereocenters. The molecule has 1 N–H and O–H groups in total. The highest BCUT2D eigenvalue weighted by atomic mass is 15.2. The number of nitrogens with zero attached hydrogens (tertiary/aromatic N) is 3. The maximum Gasteiger partial charge on any atom is 0.133 e. The van der Waals surface area contributed by atoms with E-state index >= 15 is 0 Å². The van der Waals surface area contributed by atoms with Crippen molar-refractivity contribution in [1.82, 2.24) is 20.1 Å². The first-order valence-electron chi connectivity index (χ1n) is 5.71. The number of aryl methyl sites for hydroxylation is 1. The van der Waals surface area contributed by atoms with Gasteiger partial charge in [0, 0.05) is 26.1 Å². The van der Waals surface area contributed by atoms with Gasteiger partial charge in [-0.15, -0.1) is 10.2 Å². The molecule has 0 fully saturated rings. The van der Waals surface area contributed by atoms with Crippen molar-refractivity contribution >= 4 is 0 Å². The van der Waals surface area contributed by atoms with E-state index in [1.54, 1.807) is 6.33 Å². The molecule has 4 heteroatoms. The Kier molecular flexibility index (Phi) is 4.75. The molecule has 0 amide bonds. The largest absolute Gasteiger partial charge is 0.321 e. The number of hydrogen-bond acceptors (Lipinski definition) is 3. The lowest BCUT2D eigenvalue weighted by Crippen LogP contribution is -2.34. The van der Waals surface area contributed by atoms with E-state index < -0.39 is 0 Å². The quantitative estimate of drug-likeness (QED) is 0.771. The molecule has 1 rings (SSSR count). The zero-order chi connectivity index (χ0) is 11.3. The minimum atomic E-state index is 0.609. The van der Waals surface area contributed by atoms with E-state index in [2.05, 4.69) is 36.3 Å². The molecule has 0 aliphatic carbocycles. The standard InChI is InChI=1S/C11H22N4/c1-5-10(9(2)3)12-7-6-11-14-13-8-15(11)4/h8-10,12H,5-7H2,1-4H3. The molecule has 1 aromatic heterocycles. The molecule has 4 nitrogen and oxygen atoms in total. The highest BCUT2D eigenvalue weighted by Gasteiger charge is 2.10. The predicted octanol–water partition coefficient (Wildman–Crippen LogP) is 1.38. The maximum absolute atomic E-state index is 4.06. The summed E-state index contributed by atoms with van der Waals surface area (Å²) in [5.41, 5.74) is 0. The van der Waals surface area contributed by atoms with E-state index in [0.29, 0.717) is 12.0 Å². The summed E-state index contributed by atoms with van der Waals surface area (Å²) in [5, 5.41) is 11.5. The molecule has 0 saturated heterocycles. The molecule has 0 radical (unpaired) electrons. The minimum absolute atomic E-state index is 0.609. The SMILES string of the molecule is CCC(NCCc1nncn1C)C(C)C. The molecule has 0 aromatic carbocycles. The first kappa shape index (κ1) is 12.2. The van der Waals surface area contributed by atoms with Crippen LogP contribution in [-0.2, 0) is 13.5 Å². The van der Waals surface area contributed by atoms with Crippen LogP contribution in [0.4, 0.5) is 0 Å². The van der Waals surface area contributed by atoms with Gasteiger partial charge in [0.05, 0.1) is 0 Å². The fourth-order valence-electron chi connectivity index (χ4n) is 1.75. The van der Waals surface area contributed by atoms with Gasteiger partial charge in [-0.2, -0.15) is 0 Å². The molecule has 0 bridgehead atoms. The molecular weight excluding hydrogens is 188 g/mol. The van der Waals surface area contributed by atoms with Crippen molar-refractivity contribution in [3.63, 3.8) is 0 Å². The Hall–Kier alpha value is -0.900. The minimum Gasteiger partial charge on any atom is -0.321 e. The van der Waals surface area contributed by atoms with Gasteiger partial charge in [-0.25, -0.2) is 0 Å². The van der Waals surface area contributed by atoms with Gasteiger partial charge in [0.2, 0.25) is 0 Å². The molecule has 86 valence electrons. The molecule has 15 heavy (non-hydrogen) atoms. The molecule has 0 aliphatic rings. The molecule has 1 unspecified atom stereocenters. The van der Waals surface area contributed by atoms with Gasteiger partial charge < -0.3 is 9.88 Å². The van der Waals surface area contributed by atoms with Crippen LogP contribution in [0.2, 0.25) is 0 Å². The molecule has 1 aromatic rings. The zero-order valence-electron chi connectivity index (χ0n) is 10.2. The zero-order valence-corrected chi connectivity index (χ0v) is 10.2. The van der Waals surface area contributed by atoms with E-state index in [4.69, 9.17) is 0 Å². The average Bonchev–Trinajstić information content (AvgIpc) is 2.58. The van der Waals surface area contributed by atoms with Crippen LogP contribution < -0.4 is 5.32 Å². The lowest BCUT2D eigenvalue weighted by atomic mass is 10.0. The summed E-state index contributed by atoms with van der Waals surface area (Å²) in [7, 11) is 1.98. The van der Waals surface area contributed by atoms with Crippen LogP contribution in [0.1, 0.15) is 33.0 Å². The normalized spacial score (nSPS) is 13.4. The Bertz CT molecular complexity index is 280. The first-order valence-corrected chi connectivity index (χ1v) is 5.71. The summed E-state index contributed by atoms with van der Waals surface area (Å²) in [6.45, 7) is 7.70. The van der Waals surface area contributed by atoms with Gasteiger partial charge in [-0.3, -0.25) is 0 Å². The van der Waals surface area contributed by atoms with Crippen LogP contribution in [0.5, 0.6) is 0 Å². The van der Waals surface area contributed by atoms with Crippen molar-refractivity contribution in [2.24, 2.45) is 13.0 Å². The van der Waals surface area contributed by atoms with Gasteiger partial charge in [-0.1, -0.05) is 20.8 Å². The summed E-state index contributed by atoms with van der Waals surface area (Å²) >= 11 is 0. The van der Waals surface area contributed by atoms with Crippen LogP contribution in [0, 0.1) is 5.92 Å². The van der Waals surface area contributed by atoms with Crippen molar-refractivity contribution < 1.29 is 0 Å². The monoisotopic (exact) mass is 210 g/mol. The number of rotatable bonds is 6. The van der Waals surface area contributed by atoms with E-state index in [1.807, 2.05) is 11.6 Å². The predicted molar refractivity (Wildman–Crippen MR) is 61.6 cm³/mol. The van der Waals surface area contributed by atoms with Crippen LogP contribution in [0.15, 0.2) is 6.33 Å². The fraction of sp³-hybridized carbons (Fsp3) is 0.818. The van der Waals surface area contributed by atoms with Crippen molar-refractivity contribution in [3.8, 4) is 0 Å². The van der Waals surface area contributed by atoms with E-state index in [1.165, 1.54) is 6.42 Å². The van der Waals surface area contributed by atoms with E-state index in [0.717, 1.165) is 18.8 Å². The van der Waals surface area contributed by atoms with Gasteiger partial charge >= 0.3 is 0 Å². The molecule has 1 heterocycles. The van der Waals surface area contributed by atoms with Crippen molar-refractivity contribution in [2.75, 3.05) is 6.54 Å². The summed E-state index contributed by atoms with van der Waals surface area (Å²) in [4.78, 5) is 0. The van der Waals surface area contributed by atoms with Crippen LogP contribution in [0.25, 0.3) is 0 Å².